The summed E-state index contributed by atoms with van der Waals surface area (Å²) < 4.78 is 0. The van der Waals surface area contributed by atoms with Crippen molar-refractivity contribution in [3.8, 4) is 0 Å². The van der Waals surface area contributed by atoms with Gasteiger partial charge >= 0.3 is 0 Å². The van der Waals surface area contributed by atoms with Gasteiger partial charge in [0.25, 0.3) is 0 Å². The Balaban J connectivity index is 1.74. The van der Waals surface area contributed by atoms with Crippen LogP contribution in [0.4, 0.5) is 0 Å². The normalized spacial score (nSPS) is 38.7. The van der Waals surface area contributed by atoms with Crippen LogP contribution in [0.5, 0.6) is 0 Å². The van der Waals surface area contributed by atoms with Crippen LogP contribution >= 0.6 is 0 Å². The van der Waals surface area contributed by atoms with Crippen molar-refractivity contribution in [1.82, 2.24) is 10.2 Å². The second kappa shape index (κ2) is 3.21. The Morgan fingerprint density at radius 3 is 2.67 bits per heavy atom. The lowest BCUT2D eigenvalue weighted by Gasteiger charge is -2.35. The molecule has 1 aliphatic heterocycles. The van der Waals surface area contributed by atoms with Gasteiger partial charge in [-0.05, 0) is 31.6 Å². The van der Waals surface area contributed by atoms with Crippen LogP contribution in [0, 0.1) is 5.92 Å². The Kier molecular flexibility index (Phi) is 2.06. The van der Waals surface area contributed by atoms with Crippen LogP contribution in [0.1, 0.15) is 45.4 Å². The van der Waals surface area contributed by atoms with Gasteiger partial charge in [-0.3, -0.25) is 10.1 Å². The van der Waals surface area contributed by atoms with E-state index in [1.807, 2.05) is 0 Å². The molecule has 3 fully saturated rings. The zero-order chi connectivity index (χ0) is 10.5. The first-order valence-electron chi connectivity index (χ1n) is 6.29. The third-order valence-corrected chi connectivity index (χ3v) is 4.47. The molecule has 1 spiro atoms. The van der Waals surface area contributed by atoms with Crippen molar-refractivity contribution in [2.75, 3.05) is 6.67 Å². The van der Waals surface area contributed by atoms with E-state index in [1.54, 1.807) is 0 Å². The highest BCUT2D eigenvalue weighted by Gasteiger charge is 2.57. The van der Waals surface area contributed by atoms with E-state index < -0.39 is 0 Å². The van der Waals surface area contributed by atoms with Crippen LogP contribution in [0.3, 0.4) is 0 Å². The van der Waals surface area contributed by atoms with E-state index in [0.717, 1.165) is 19.5 Å². The van der Waals surface area contributed by atoms with Crippen molar-refractivity contribution >= 4 is 5.91 Å². The first-order valence-corrected chi connectivity index (χ1v) is 6.29. The maximum atomic E-state index is 12.2. The van der Waals surface area contributed by atoms with Crippen molar-refractivity contribution in [3.05, 3.63) is 0 Å². The quantitative estimate of drug-likeness (QED) is 0.708. The number of carbonyl (C=O) groups excluding carboxylic acids is 1. The Morgan fingerprint density at radius 2 is 2.07 bits per heavy atom. The second-order valence-electron chi connectivity index (χ2n) is 5.52. The molecule has 3 heteroatoms. The van der Waals surface area contributed by atoms with Gasteiger partial charge in [0, 0.05) is 6.04 Å². The summed E-state index contributed by atoms with van der Waals surface area (Å²) in [5.41, 5.74) is -0.100. The lowest BCUT2D eigenvalue weighted by Crippen LogP contribution is -2.44. The summed E-state index contributed by atoms with van der Waals surface area (Å²) >= 11 is 0. The molecule has 2 saturated carbocycles. The standard InChI is InChI=1S/C12H20N2O/c1-9-4-2-3-5-10(9)14-8-13-12(6-7-12)11(14)15/h9-10,13H,2-8H2,1H3. The third kappa shape index (κ3) is 1.40. The molecule has 3 aliphatic rings. The highest BCUT2D eigenvalue weighted by atomic mass is 16.2. The lowest BCUT2D eigenvalue weighted by atomic mass is 9.85. The van der Waals surface area contributed by atoms with E-state index in [1.165, 1.54) is 25.7 Å². The maximum absolute atomic E-state index is 12.2. The molecule has 0 radical (unpaired) electrons. The van der Waals surface area contributed by atoms with Gasteiger partial charge in [0.1, 0.15) is 0 Å². The van der Waals surface area contributed by atoms with Gasteiger partial charge in [-0.1, -0.05) is 19.8 Å². The minimum absolute atomic E-state index is 0.100. The molecule has 0 aromatic rings. The zero-order valence-corrected chi connectivity index (χ0v) is 9.46. The molecular weight excluding hydrogens is 188 g/mol. The number of rotatable bonds is 1. The molecule has 84 valence electrons. The Morgan fingerprint density at radius 1 is 1.33 bits per heavy atom. The zero-order valence-electron chi connectivity index (χ0n) is 9.46. The highest BCUT2D eigenvalue weighted by molar-refractivity contribution is 5.91. The number of carbonyl (C=O) groups is 1. The number of hydrogen-bond acceptors (Lipinski definition) is 2. The van der Waals surface area contributed by atoms with Crippen molar-refractivity contribution in [1.29, 1.82) is 0 Å². The fourth-order valence-corrected chi connectivity index (χ4v) is 3.20. The third-order valence-electron chi connectivity index (χ3n) is 4.47. The minimum atomic E-state index is -0.100. The van der Waals surface area contributed by atoms with Gasteiger partial charge in [0.05, 0.1) is 12.2 Å². The van der Waals surface area contributed by atoms with E-state index in [4.69, 9.17) is 0 Å². The van der Waals surface area contributed by atoms with Gasteiger partial charge < -0.3 is 4.90 Å². The molecular formula is C12H20N2O. The molecule has 1 saturated heterocycles. The first-order chi connectivity index (χ1) is 7.23. The largest absolute Gasteiger partial charge is 0.325 e. The molecule has 15 heavy (non-hydrogen) atoms. The monoisotopic (exact) mass is 208 g/mol. The molecule has 0 aromatic carbocycles. The highest BCUT2D eigenvalue weighted by Crippen LogP contribution is 2.42. The summed E-state index contributed by atoms with van der Waals surface area (Å²) in [4.78, 5) is 14.3. The average Bonchev–Trinajstić information content (AvgIpc) is 2.94. The van der Waals surface area contributed by atoms with Crippen molar-refractivity contribution in [3.63, 3.8) is 0 Å². The average molecular weight is 208 g/mol. The van der Waals surface area contributed by atoms with Crippen molar-refractivity contribution in [2.45, 2.75) is 57.0 Å². The predicted molar refractivity (Wildman–Crippen MR) is 58.2 cm³/mol. The summed E-state index contributed by atoms with van der Waals surface area (Å²) in [6, 6.07) is 0.513. The minimum Gasteiger partial charge on any atom is -0.325 e. The van der Waals surface area contributed by atoms with Crippen LogP contribution in [0.15, 0.2) is 0 Å². The van der Waals surface area contributed by atoms with Gasteiger partial charge in [0.2, 0.25) is 5.91 Å². The molecule has 3 nitrogen and oxygen atoms in total. The van der Waals surface area contributed by atoms with Gasteiger partial charge in [-0.2, -0.15) is 0 Å². The molecule has 1 heterocycles. The number of hydrogen-bond donors (Lipinski definition) is 1. The van der Waals surface area contributed by atoms with Gasteiger partial charge in [-0.15, -0.1) is 0 Å². The summed E-state index contributed by atoms with van der Waals surface area (Å²) in [6.45, 7) is 3.10. The molecule has 1 amide bonds. The number of nitrogens with zero attached hydrogens (tertiary/aromatic N) is 1. The molecule has 2 atom stereocenters. The topological polar surface area (TPSA) is 32.3 Å². The smallest absolute Gasteiger partial charge is 0.244 e. The lowest BCUT2D eigenvalue weighted by molar-refractivity contribution is -0.133. The van der Waals surface area contributed by atoms with E-state index in [-0.39, 0.29) is 5.54 Å². The summed E-state index contributed by atoms with van der Waals surface area (Å²) in [7, 11) is 0. The Labute approximate surface area is 91.2 Å². The molecule has 2 aliphatic carbocycles. The second-order valence-corrected chi connectivity index (χ2v) is 5.52. The molecule has 0 aromatic heterocycles. The molecule has 3 rings (SSSR count). The van der Waals surface area contributed by atoms with Crippen molar-refractivity contribution in [2.24, 2.45) is 5.92 Å². The van der Waals surface area contributed by atoms with Crippen LogP contribution in [-0.4, -0.2) is 29.1 Å². The first kappa shape index (κ1) is 9.64. The van der Waals surface area contributed by atoms with Crippen molar-refractivity contribution < 1.29 is 4.79 Å². The van der Waals surface area contributed by atoms with E-state index in [0.29, 0.717) is 17.9 Å². The van der Waals surface area contributed by atoms with Crippen LogP contribution < -0.4 is 5.32 Å². The van der Waals surface area contributed by atoms with Gasteiger partial charge in [0.15, 0.2) is 0 Å². The van der Waals surface area contributed by atoms with Gasteiger partial charge in [-0.25, -0.2) is 0 Å². The van der Waals surface area contributed by atoms with E-state index >= 15 is 0 Å². The van der Waals surface area contributed by atoms with Crippen LogP contribution in [0.25, 0.3) is 0 Å². The molecule has 1 N–H and O–H groups in total. The summed E-state index contributed by atoms with van der Waals surface area (Å²) in [5.74, 6) is 1.08. The fraction of sp³-hybridized carbons (Fsp3) is 0.917. The summed E-state index contributed by atoms with van der Waals surface area (Å²) in [5, 5.41) is 3.40. The van der Waals surface area contributed by atoms with Crippen LogP contribution in [0.2, 0.25) is 0 Å². The number of nitrogens with one attached hydrogen (secondary N) is 1. The van der Waals surface area contributed by atoms with E-state index in [2.05, 4.69) is 17.1 Å². The Bertz CT molecular complexity index is 285. The molecule has 2 unspecified atom stereocenters. The predicted octanol–water partition coefficient (Wildman–Crippen LogP) is 1.49. The molecule has 0 bridgehead atoms. The fourth-order valence-electron chi connectivity index (χ4n) is 3.20. The maximum Gasteiger partial charge on any atom is 0.244 e. The van der Waals surface area contributed by atoms with E-state index in [9.17, 15) is 4.79 Å². The number of amides is 1. The summed E-state index contributed by atoms with van der Waals surface area (Å²) in [6.07, 6.45) is 7.27. The SMILES string of the molecule is CC1CCCCC1N1CNC2(CC2)C1=O. The Hall–Kier alpha value is -0.570. The van der Waals surface area contributed by atoms with Crippen LogP contribution in [-0.2, 0) is 4.79 Å².